The summed E-state index contributed by atoms with van der Waals surface area (Å²) < 4.78 is 1.80. The van der Waals surface area contributed by atoms with Crippen molar-refractivity contribution in [3.05, 3.63) is 51.8 Å². The molecule has 3 rings (SSSR count). The quantitative estimate of drug-likeness (QED) is 0.491. The lowest BCUT2D eigenvalue weighted by Gasteiger charge is -2.07. The predicted molar refractivity (Wildman–Crippen MR) is 74.8 cm³/mol. The molecule has 6 heteroatoms. The number of nitro groups is 1. The van der Waals surface area contributed by atoms with Crippen LogP contribution in [0.2, 0.25) is 0 Å². The first-order chi connectivity index (χ1) is 9.19. The van der Waals surface area contributed by atoms with Crippen molar-refractivity contribution in [2.45, 2.75) is 24.1 Å². The highest BCUT2D eigenvalue weighted by Crippen LogP contribution is 2.39. The van der Waals surface area contributed by atoms with Gasteiger partial charge in [-0.3, -0.25) is 10.1 Å². The van der Waals surface area contributed by atoms with Crippen LogP contribution in [0, 0.1) is 10.1 Å². The Kier molecular flexibility index (Phi) is 3.10. The van der Waals surface area contributed by atoms with Gasteiger partial charge in [0.25, 0.3) is 5.69 Å². The Hall–Kier alpha value is -1.69. The lowest BCUT2D eigenvalue weighted by Crippen LogP contribution is -2.01. The van der Waals surface area contributed by atoms with Gasteiger partial charge in [0.15, 0.2) is 0 Å². The van der Waals surface area contributed by atoms with Crippen LogP contribution in [0.25, 0.3) is 5.69 Å². The number of nitro benzene ring substituents is 1. The second-order valence-electron chi connectivity index (χ2n) is 4.66. The zero-order valence-electron chi connectivity index (χ0n) is 10.1. The molecule has 0 radical (unpaired) electrons. The van der Waals surface area contributed by atoms with E-state index in [1.165, 1.54) is 18.9 Å². The molecule has 0 unspecified atom stereocenters. The van der Waals surface area contributed by atoms with Crippen LogP contribution in [0.5, 0.6) is 0 Å². The van der Waals surface area contributed by atoms with E-state index < -0.39 is 0 Å². The average Bonchev–Trinajstić information content (AvgIpc) is 3.16. The van der Waals surface area contributed by atoms with E-state index in [1.807, 2.05) is 12.3 Å². The molecule has 2 aromatic rings. The van der Waals surface area contributed by atoms with Gasteiger partial charge < -0.3 is 0 Å². The van der Waals surface area contributed by atoms with E-state index in [2.05, 4.69) is 21.0 Å². The van der Waals surface area contributed by atoms with Crippen LogP contribution in [-0.2, 0) is 5.33 Å². The van der Waals surface area contributed by atoms with Crippen molar-refractivity contribution in [3.8, 4) is 5.69 Å². The van der Waals surface area contributed by atoms with Gasteiger partial charge in [0, 0.05) is 29.6 Å². The Morgan fingerprint density at radius 2 is 2.21 bits per heavy atom. The first-order valence-corrected chi connectivity index (χ1v) is 7.20. The number of non-ortho nitro benzene ring substituents is 1. The number of hydrogen-bond acceptors (Lipinski definition) is 3. The van der Waals surface area contributed by atoms with Crippen LogP contribution < -0.4 is 0 Å². The number of benzene rings is 1. The Labute approximate surface area is 118 Å². The van der Waals surface area contributed by atoms with Crippen molar-refractivity contribution < 1.29 is 4.92 Å². The van der Waals surface area contributed by atoms with E-state index >= 15 is 0 Å². The molecule has 0 saturated heterocycles. The molecule has 0 spiro atoms. The molecule has 1 aliphatic carbocycles. The Morgan fingerprint density at radius 3 is 2.84 bits per heavy atom. The normalized spacial score (nSPS) is 14.6. The zero-order chi connectivity index (χ0) is 13.4. The van der Waals surface area contributed by atoms with Crippen LogP contribution in [0.1, 0.15) is 30.0 Å². The van der Waals surface area contributed by atoms with E-state index in [0.717, 1.165) is 16.9 Å². The molecule has 1 aliphatic rings. The molecule has 0 amide bonds. The Bertz CT molecular complexity index is 635. The summed E-state index contributed by atoms with van der Waals surface area (Å²) in [6.45, 7) is 0. The lowest BCUT2D eigenvalue weighted by atomic mass is 10.2. The van der Waals surface area contributed by atoms with E-state index in [4.69, 9.17) is 0 Å². The minimum Gasteiger partial charge on any atom is -0.258 e. The zero-order valence-corrected chi connectivity index (χ0v) is 11.7. The molecule has 1 saturated carbocycles. The van der Waals surface area contributed by atoms with E-state index in [1.54, 1.807) is 16.8 Å². The molecule has 1 aromatic carbocycles. The minimum atomic E-state index is -0.380. The topological polar surface area (TPSA) is 61.0 Å². The first-order valence-electron chi connectivity index (χ1n) is 6.08. The number of halogens is 1. The SMILES string of the molecule is O=[N+]([O-])c1ccc(-n2ccc(C3CC3)n2)c(CBr)c1. The first kappa shape index (κ1) is 12.3. The number of nitrogens with zero attached hydrogens (tertiary/aromatic N) is 3. The van der Waals surface area contributed by atoms with Gasteiger partial charge in [-0.15, -0.1) is 0 Å². The smallest absolute Gasteiger partial charge is 0.258 e. The third-order valence-electron chi connectivity index (χ3n) is 3.27. The molecular weight excluding hydrogens is 310 g/mol. The number of rotatable bonds is 4. The maximum atomic E-state index is 10.8. The molecule has 1 heterocycles. The fourth-order valence-corrected chi connectivity index (χ4v) is 2.53. The second kappa shape index (κ2) is 4.77. The van der Waals surface area contributed by atoms with Gasteiger partial charge in [-0.05, 0) is 30.5 Å². The van der Waals surface area contributed by atoms with Gasteiger partial charge in [-0.1, -0.05) is 15.9 Å². The summed E-state index contributed by atoms with van der Waals surface area (Å²) in [7, 11) is 0. The summed E-state index contributed by atoms with van der Waals surface area (Å²) in [5.41, 5.74) is 2.96. The highest BCUT2D eigenvalue weighted by atomic mass is 79.9. The van der Waals surface area contributed by atoms with Crippen molar-refractivity contribution in [2.24, 2.45) is 0 Å². The van der Waals surface area contributed by atoms with Gasteiger partial charge in [0.05, 0.1) is 16.3 Å². The molecule has 0 bridgehead atoms. The van der Waals surface area contributed by atoms with Crippen LogP contribution in [0.15, 0.2) is 30.5 Å². The molecule has 0 atom stereocenters. The number of alkyl halides is 1. The maximum absolute atomic E-state index is 10.8. The summed E-state index contributed by atoms with van der Waals surface area (Å²) in [6.07, 6.45) is 4.34. The molecule has 1 fully saturated rings. The lowest BCUT2D eigenvalue weighted by molar-refractivity contribution is -0.384. The monoisotopic (exact) mass is 321 g/mol. The highest BCUT2D eigenvalue weighted by molar-refractivity contribution is 9.08. The van der Waals surface area contributed by atoms with Gasteiger partial charge in [-0.25, -0.2) is 4.68 Å². The molecule has 0 N–H and O–H groups in total. The molecule has 98 valence electrons. The van der Waals surface area contributed by atoms with Gasteiger partial charge in [0.2, 0.25) is 0 Å². The summed E-state index contributed by atoms with van der Waals surface area (Å²) in [5, 5.41) is 15.9. The maximum Gasteiger partial charge on any atom is 0.269 e. The van der Waals surface area contributed by atoms with Gasteiger partial charge >= 0.3 is 0 Å². The van der Waals surface area contributed by atoms with Gasteiger partial charge in [-0.2, -0.15) is 5.10 Å². The summed E-state index contributed by atoms with van der Waals surface area (Å²) in [4.78, 5) is 10.4. The average molecular weight is 322 g/mol. The van der Waals surface area contributed by atoms with Gasteiger partial charge in [0.1, 0.15) is 0 Å². The van der Waals surface area contributed by atoms with E-state index in [0.29, 0.717) is 11.2 Å². The fraction of sp³-hybridized carbons (Fsp3) is 0.308. The van der Waals surface area contributed by atoms with E-state index in [9.17, 15) is 10.1 Å². The van der Waals surface area contributed by atoms with Crippen LogP contribution in [-0.4, -0.2) is 14.7 Å². The van der Waals surface area contributed by atoms with Crippen LogP contribution in [0.3, 0.4) is 0 Å². The summed E-state index contributed by atoms with van der Waals surface area (Å²) in [5.74, 6) is 0.603. The number of aromatic nitrogens is 2. The molecule has 1 aromatic heterocycles. The van der Waals surface area contributed by atoms with Crippen LogP contribution >= 0.6 is 15.9 Å². The largest absolute Gasteiger partial charge is 0.269 e. The fourth-order valence-electron chi connectivity index (χ4n) is 2.09. The summed E-state index contributed by atoms with van der Waals surface area (Å²) in [6, 6.07) is 6.87. The number of hydrogen-bond donors (Lipinski definition) is 0. The minimum absolute atomic E-state index is 0.104. The molecular formula is C13H12BrN3O2. The second-order valence-corrected chi connectivity index (χ2v) is 5.22. The van der Waals surface area contributed by atoms with Crippen molar-refractivity contribution in [1.82, 2.24) is 9.78 Å². The summed E-state index contributed by atoms with van der Waals surface area (Å²) >= 11 is 3.37. The van der Waals surface area contributed by atoms with Crippen molar-refractivity contribution >= 4 is 21.6 Å². The van der Waals surface area contributed by atoms with E-state index in [-0.39, 0.29) is 10.6 Å². The third-order valence-corrected chi connectivity index (χ3v) is 3.87. The van der Waals surface area contributed by atoms with Crippen molar-refractivity contribution in [1.29, 1.82) is 0 Å². The third kappa shape index (κ3) is 2.40. The van der Waals surface area contributed by atoms with Crippen molar-refractivity contribution in [2.75, 3.05) is 0 Å². The molecule has 19 heavy (non-hydrogen) atoms. The van der Waals surface area contributed by atoms with Crippen LogP contribution in [0.4, 0.5) is 5.69 Å². The molecule has 5 nitrogen and oxygen atoms in total. The molecule has 0 aliphatic heterocycles. The Balaban J connectivity index is 2.00. The Morgan fingerprint density at radius 1 is 1.42 bits per heavy atom. The predicted octanol–water partition coefficient (Wildman–Crippen LogP) is 3.55. The standard InChI is InChI=1S/C13H12BrN3O2/c14-8-10-7-11(17(18)19)3-4-13(10)16-6-5-12(15-16)9-1-2-9/h3-7,9H,1-2,8H2. The highest BCUT2D eigenvalue weighted by Gasteiger charge is 2.26. The van der Waals surface area contributed by atoms with Crippen molar-refractivity contribution in [3.63, 3.8) is 0 Å².